The molecule has 1 aliphatic rings. The van der Waals surface area contributed by atoms with Crippen molar-refractivity contribution in [1.29, 1.82) is 0 Å². The van der Waals surface area contributed by atoms with Crippen molar-refractivity contribution in [1.82, 2.24) is 19.9 Å². The molecular formula is C53H36N4. The summed E-state index contributed by atoms with van der Waals surface area (Å²) in [7, 11) is 0. The maximum absolute atomic E-state index is 5.02. The Kier molecular flexibility index (Phi) is 7.48. The molecule has 2 aromatic heterocycles. The lowest BCUT2D eigenvalue weighted by Crippen LogP contribution is -2.15. The van der Waals surface area contributed by atoms with Gasteiger partial charge >= 0.3 is 0 Å². The average molecular weight is 729 g/mol. The minimum Gasteiger partial charge on any atom is -0.265 e. The molecule has 0 spiro atoms. The largest absolute Gasteiger partial charge is 0.265 e. The molecule has 10 aromatic rings. The lowest BCUT2D eigenvalue weighted by atomic mass is 9.78. The van der Waals surface area contributed by atoms with E-state index in [9.17, 15) is 0 Å². The summed E-state index contributed by atoms with van der Waals surface area (Å²) in [4.78, 5) is 19.1. The minimum absolute atomic E-state index is 0.101. The highest BCUT2D eigenvalue weighted by molar-refractivity contribution is 6.28. The topological polar surface area (TPSA) is 51.6 Å². The van der Waals surface area contributed by atoms with Gasteiger partial charge in [0, 0.05) is 34.5 Å². The van der Waals surface area contributed by atoms with E-state index >= 15 is 0 Å². The Labute approximate surface area is 331 Å². The zero-order chi connectivity index (χ0) is 38.1. The highest BCUT2D eigenvalue weighted by atomic mass is 15.0. The summed E-state index contributed by atoms with van der Waals surface area (Å²) in [6.07, 6.45) is 3.62. The molecule has 0 unspecified atom stereocenters. The van der Waals surface area contributed by atoms with E-state index in [0.29, 0.717) is 17.5 Å². The van der Waals surface area contributed by atoms with Crippen LogP contribution in [0.15, 0.2) is 182 Å². The van der Waals surface area contributed by atoms with E-state index in [1.54, 1.807) is 0 Å². The number of aromatic nitrogens is 4. The van der Waals surface area contributed by atoms with Crippen LogP contribution in [0.1, 0.15) is 25.0 Å². The SMILES string of the molecule is CC1(C)c2ccccc2-c2ccc3c4ccc(-c5ccc(-c6nc(-c7ccccc7)nc(-c7ccc(-c8ccncc8)cc7)n6)cc5)cc4c4ccccc4c3c21. The number of pyridine rings is 1. The maximum atomic E-state index is 5.02. The molecule has 0 amide bonds. The molecule has 8 aromatic carbocycles. The summed E-state index contributed by atoms with van der Waals surface area (Å²) >= 11 is 0. The van der Waals surface area contributed by atoms with Gasteiger partial charge in [0.2, 0.25) is 0 Å². The summed E-state index contributed by atoms with van der Waals surface area (Å²) in [5.41, 5.74) is 12.8. The van der Waals surface area contributed by atoms with Crippen LogP contribution in [0.5, 0.6) is 0 Å². The van der Waals surface area contributed by atoms with Crippen molar-refractivity contribution >= 4 is 32.3 Å². The van der Waals surface area contributed by atoms with Crippen molar-refractivity contribution in [3.8, 4) is 67.5 Å². The van der Waals surface area contributed by atoms with Crippen LogP contribution in [0, 0.1) is 0 Å². The fourth-order valence-corrected chi connectivity index (χ4v) is 9.01. The standard InChI is InChI=1S/C53H36N4/c1-53(2)47-15-9-8-13-42(47)45-27-26-44-41-25-24-39(32-46(41)40-12-6-7-14-43(40)48(44)49(45)53)34-18-22-38(23-19-34)52-56-50(36-10-4-3-5-11-36)55-51(57-52)37-20-16-33(17-21-37)35-28-30-54-31-29-35/h3-32H,1-2H3. The van der Waals surface area contributed by atoms with Crippen LogP contribution in [0.2, 0.25) is 0 Å². The van der Waals surface area contributed by atoms with E-state index in [-0.39, 0.29) is 5.41 Å². The highest BCUT2D eigenvalue weighted by Gasteiger charge is 2.37. The Balaban J connectivity index is 0.999. The third kappa shape index (κ3) is 5.37. The first kappa shape index (κ1) is 33.1. The summed E-state index contributed by atoms with van der Waals surface area (Å²) in [5, 5.41) is 7.79. The molecule has 0 atom stereocenters. The van der Waals surface area contributed by atoms with Crippen molar-refractivity contribution in [3.05, 3.63) is 193 Å². The van der Waals surface area contributed by atoms with Crippen molar-refractivity contribution in [2.45, 2.75) is 19.3 Å². The molecule has 4 heteroatoms. The Morgan fingerprint density at radius 2 is 0.825 bits per heavy atom. The average Bonchev–Trinajstić information content (AvgIpc) is 3.52. The first-order valence-electron chi connectivity index (χ1n) is 19.5. The van der Waals surface area contributed by atoms with E-state index in [1.165, 1.54) is 60.1 Å². The Morgan fingerprint density at radius 3 is 1.51 bits per heavy atom. The molecule has 0 aliphatic heterocycles. The van der Waals surface area contributed by atoms with Crippen molar-refractivity contribution in [2.75, 3.05) is 0 Å². The lowest BCUT2D eigenvalue weighted by Gasteiger charge is -2.24. The highest BCUT2D eigenvalue weighted by Crippen LogP contribution is 2.53. The Hall–Kier alpha value is -7.30. The van der Waals surface area contributed by atoms with Crippen LogP contribution in [-0.4, -0.2) is 19.9 Å². The lowest BCUT2D eigenvalue weighted by molar-refractivity contribution is 0.666. The van der Waals surface area contributed by atoms with Gasteiger partial charge in [-0.3, -0.25) is 4.98 Å². The summed E-state index contributed by atoms with van der Waals surface area (Å²) in [5.74, 6) is 1.91. The van der Waals surface area contributed by atoms with Gasteiger partial charge in [-0.2, -0.15) is 0 Å². The molecule has 0 saturated heterocycles. The van der Waals surface area contributed by atoms with Gasteiger partial charge in [0.25, 0.3) is 0 Å². The van der Waals surface area contributed by atoms with Crippen LogP contribution in [0.25, 0.3) is 99.9 Å². The fourth-order valence-electron chi connectivity index (χ4n) is 9.01. The van der Waals surface area contributed by atoms with E-state index in [4.69, 9.17) is 15.0 Å². The summed E-state index contributed by atoms with van der Waals surface area (Å²) in [6, 6.07) is 60.6. The minimum atomic E-state index is -0.101. The van der Waals surface area contributed by atoms with Crippen LogP contribution < -0.4 is 0 Å². The van der Waals surface area contributed by atoms with E-state index < -0.39 is 0 Å². The first-order valence-corrected chi connectivity index (χ1v) is 19.5. The Morgan fingerprint density at radius 1 is 0.351 bits per heavy atom. The van der Waals surface area contributed by atoms with E-state index in [2.05, 4.69) is 146 Å². The van der Waals surface area contributed by atoms with Gasteiger partial charge in [0.15, 0.2) is 17.5 Å². The smallest absolute Gasteiger partial charge is 0.164 e. The van der Waals surface area contributed by atoms with Gasteiger partial charge in [-0.05, 0) is 95.0 Å². The third-order valence-electron chi connectivity index (χ3n) is 11.8. The van der Waals surface area contributed by atoms with Gasteiger partial charge in [-0.15, -0.1) is 0 Å². The normalized spacial score (nSPS) is 12.9. The third-order valence-corrected chi connectivity index (χ3v) is 11.8. The summed E-state index contributed by atoms with van der Waals surface area (Å²) in [6.45, 7) is 4.76. The van der Waals surface area contributed by atoms with Gasteiger partial charge in [0.1, 0.15) is 0 Å². The van der Waals surface area contributed by atoms with E-state index in [0.717, 1.165) is 33.4 Å². The molecule has 0 radical (unpaired) electrons. The molecule has 4 nitrogen and oxygen atoms in total. The van der Waals surface area contributed by atoms with Gasteiger partial charge in [-0.25, -0.2) is 15.0 Å². The number of benzene rings is 8. The molecule has 0 saturated carbocycles. The molecule has 0 N–H and O–H groups in total. The molecule has 268 valence electrons. The summed E-state index contributed by atoms with van der Waals surface area (Å²) < 4.78 is 0. The number of hydrogen-bond donors (Lipinski definition) is 0. The molecule has 57 heavy (non-hydrogen) atoms. The molecule has 0 fully saturated rings. The van der Waals surface area contributed by atoms with Crippen LogP contribution >= 0.6 is 0 Å². The second-order valence-corrected chi connectivity index (χ2v) is 15.5. The van der Waals surface area contributed by atoms with E-state index in [1.807, 2.05) is 54.9 Å². The number of fused-ring (bicyclic) bond motifs is 10. The van der Waals surface area contributed by atoms with Crippen molar-refractivity contribution < 1.29 is 0 Å². The quantitative estimate of drug-likeness (QED) is 0.166. The first-order chi connectivity index (χ1) is 28.0. The van der Waals surface area contributed by atoms with Crippen LogP contribution in [0.4, 0.5) is 0 Å². The van der Waals surface area contributed by atoms with Crippen LogP contribution in [0.3, 0.4) is 0 Å². The number of hydrogen-bond acceptors (Lipinski definition) is 4. The Bertz CT molecular complexity index is 3150. The predicted molar refractivity (Wildman–Crippen MR) is 235 cm³/mol. The van der Waals surface area contributed by atoms with Gasteiger partial charge in [0.05, 0.1) is 0 Å². The van der Waals surface area contributed by atoms with Gasteiger partial charge in [-0.1, -0.05) is 166 Å². The monoisotopic (exact) mass is 728 g/mol. The zero-order valence-corrected chi connectivity index (χ0v) is 31.6. The van der Waals surface area contributed by atoms with Crippen LogP contribution in [-0.2, 0) is 5.41 Å². The zero-order valence-electron chi connectivity index (χ0n) is 31.6. The van der Waals surface area contributed by atoms with Crippen molar-refractivity contribution in [2.24, 2.45) is 0 Å². The van der Waals surface area contributed by atoms with Crippen molar-refractivity contribution in [3.63, 3.8) is 0 Å². The molecule has 0 bridgehead atoms. The van der Waals surface area contributed by atoms with Gasteiger partial charge < -0.3 is 0 Å². The predicted octanol–water partition coefficient (Wildman–Crippen LogP) is 13.4. The second-order valence-electron chi connectivity index (χ2n) is 15.5. The fraction of sp³-hybridized carbons (Fsp3) is 0.0566. The maximum Gasteiger partial charge on any atom is 0.164 e. The number of nitrogens with zero attached hydrogens (tertiary/aromatic N) is 4. The molecule has 1 aliphatic carbocycles. The molecule has 11 rings (SSSR count). The second kappa shape index (κ2) is 12.9. The molecule has 2 heterocycles. The number of rotatable bonds is 5. The molecular weight excluding hydrogens is 693 g/mol.